The molecule has 0 rings (SSSR count). The van der Waals surface area contributed by atoms with Crippen molar-refractivity contribution in [1.82, 2.24) is 9.80 Å². The molecule has 3 nitrogen and oxygen atoms in total. The zero-order valence-electron chi connectivity index (χ0n) is 23.8. The molecule has 0 fully saturated rings. The molecule has 0 saturated carbocycles. The van der Waals surface area contributed by atoms with Gasteiger partial charge in [-0.2, -0.15) is 0 Å². The second-order valence-corrected chi connectivity index (χ2v) is 10.4. The van der Waals surface area contributed by atoms with Crippen molar-refractivity contribution in [3.05, 3.63) is 0 Å². The van der Waals surface area contributed by atoms with E-state index < -0.39 is 0 Å². The maximum atomic E-state index is 2.65. The van der Waals surface area contributed by atoms with Crippen molar-refractivity contribution in [2.24, 2.45) is 0 Å². The molecule has 0 bridgehead atoms. The number of hydrogen-bond donors (Lipinski definition) is 0. The molecule has 0 saturated heterocycles. The Bertz CT molecular complexity index is 395. The summed E-state index contributed by atoms with van der Waals surface area (Å²) in [5, 5.41) is 0. The van der Waals surface area contributed by atoms with Crippen LogP contribution in [0.3, 0.4) is 0 Å². The van der Waals surface area contributed by atoms with E-state index in [1.165, 1.54) is 147 Å². The third-order valence-electron chi connectivity index (χ3n) is 6.65. The molecule has 0 atom stereocenters. The molecule has 0 aliphatic heterocycles. The largest absolute Gasteiger partial charge is 1.00 e. The van der Waals surface area contributed by atoms with Gasteiger partial charge >= 0.3 is 5.96 Å². The highest BCUT2D eigenvalue weighted by atomic mass is 79.9. The van der Waals surface area contributed by atoms with Gasteiger partial charge in [0.2, 0.25) is 0 Å². The van der Waals surface area contributed by atoms with Gasteiger partial charge in [0.15, 0.2) is 0 Å². The molecule has 0 radical (unpaired) electrons. The fourth-order valence-corrected chi connectivity index (χ4v) is 4.86. The zero-order chi connectivity index (χ0) is 23.9. The molecule has 33 heavy (non-hydrogen) atoms. The van der Waals surface area contributed by atoms with Crippen LogP contribution in [0.1, 0.15) is 142 Å². The Hall–Kier alpha value is -0.250. The summed E-state index contributed by atoms with van der Waals surface area (Å²) < 4.78 is 2.30. The van der Waals surface area contributed by atoms with Gasteiger partial charge in [-0.1, -0.05) is 129 Å². The van der Waals surface area contributed by atoms with Gasteiger partial charge in [0.1, 0.15) is 0 Å². The van der Waals surface area contributed by atoms with Crippen molar-refractivity contribution in [1.29, 1.82) is 0 Å². The summed E-state index contributed by atoms with van der Waals surface area (Å²) in [6.45, 7) is 7.02. The molecule has 0 heterocycles. The van der Waals surface area contributed by atoms with E-state index in [2.05, 4.69) is 56.4 Å². The summed E-state index contributed by atoms with van der Waals surface area (Å²) in [7, 11) is 8.78. The van der Waals surface area contributed by atoms with Crippen LogP contribution in [-0.4, -0.2) is 61.6 Å². The molecular formula is C29H62BrN3. The lowest BCUT2D eigenvalue weighted by atomic mass is 10.1. The van der Waals surface area contributed by atoms with Crippen molar-refractivity contribution in [2.45, 2.75) is 142 Å². The van der Waals surface area contributed by atoms with E-state index in [0.717, 1.165) is 0 Å². The van der Waals surface area contributed by atoms with Crippen LogP contribution in [0.5, 0.6) is 0 Å². The van der Waals surface area contributed by atoms with Gasteiger partial charge in [0, 0.05) is 0 Å². The molecule has 0 aromatic rings. The van der Waals surface area contributed by atoms with Crippen molar-refractivity contribution < 1.29 is 21.6 Å². The fraction of sp³-hybridized carbons (Fsp3) is 0.966. The average molecular weight is 533 g/mol. The third kappa shape index (κ3) is 22.0. The van der Waals surface area contributed by atoms with E-state index in [0.29, 0.717) is 0 Å². The third-order valence-corrected chi connectivity index (χ3v) is 6.65. The molecule has 0 aromatic heterocycles. The minimum absolute atomic E-state index is 0. The summed E-state index contributed by atoms with van der Waals surface area (Å²) in [5.41, 5.74) is 0. The van der Waals surface area contributed by atoms with E-state index in [-0.39, 0.29) is 17.0 Å². The van der Waals surface area contributed by atoms with Crippen LogP contribution in [0.15, 0.2) is 0 Å². The van der Waals surface area contributed by atoms with Gasteiger partial charge in [-0.05, 0) is 12.8 Å². The highest BCUT2D eigenvalue weighted by Gasteiger charge is 2.21. The number of halogens is 1. The average Bonchev–Trinajstić information content (AvgIpc) is 2.75. The molecule has 200 valence electrons. The Balaban J connectivity index is 0. The van der Waals surface area contributed by atoms with Gasteiger partial charge in [-0.25, -0.2) is 0 Å². The van der Waals surface area contributed by atoms with Crippen LogP contribution in [0.25, 0.3) is 0 Å². The quantitative estimate of drug-likeness (QED) is 0.0808. The molecule has 0 aromatic carbocycles. The smallest absolute Gasteiger partial charge is 0.349 e. The highest BCUT2D eigenvalue weighted by molar-refractivity contribution is 5.74. The van der Waals surface area contributed by atoms with Crippen molar-refractivity contribution in [3.8, 4) is 0 Å². The lowest BCUT2D eigenvalue weighted by Gasteiger charge is -2.25. The second kappa shape index (κ2) is 26.4. The number of nitrogens with zero attached hydrogens (tertiary/aromatic N) is 3. The Morgan fingerprint density at radius 3 is 1.00 bits per heavy atom. The molecule has 0 unspecified atom stereocenters. The van der Waals surface area contributed by atoms with Crippen molar-refractivity contribution in [2.75, 3.05) is 41.3 Å². The predicted octanol–water partition coefficient (Wildman–Crippen LogP) is 5.32. The molecule has 0 aliphatic carbocycles. The van der Waals surface area contributed by atoms with E-state index >= 15 is 0 Å². The Morgan fingerprint density at radius 2 is 0.758 bits per heavy atom. The lowest BCUT2D eigenvalue weighted by molar-refractivity contribution is -0.476. The van der Waals surface area contributed by atoms with Gasteiger partial charge in [0.25, 0.3) is 0 Å². The molecule has 0 amide bonds. The van der Waals surface area contributed by atoms with E-state index in [1.54, 1.807) is 0 Å². The topological polar surface area (TPSA) is 9.49 Å². The van der Waals surface area contributed by atoms with E-state index in [4.69, 9.17) is 0 Å². The van der Waals surface area contributed by atoms with Crippen LogP contribution in [0, 0.1) is 0 Å². The summed E-state index contributed by atoms with van der Waals surface area (Å²) in [6, 6.07) is 0. The summed E-state index contributed by atoms with van der Waals surface area (Å²) >= 11 is 0. The number of guanidine groups is 1. The fourth-order valence-electron chi connectivity index (χ4n) is 4.86. The monoisotopic (exact) mass is 531 g/mol. The van der Waals surface area contributed by atoms with Crippen LogP contribution in [-0.2, 0) is 0 Å². The first kappa shape index (κ1) is 34.9. The van der Waals surface area contributed by atoms with Crippen molar-refractivity contribution >= 4 is 5.96 Å². The van der Waals surface area contributed by atoms with Gasteiger partial charge < -0.3 is 17.0 Å². The standard InChI is InChI=1S/C29H62N3.BrH/c1-7-9-11-13-15-17-19-21-23-25-27-32(29(30(3)4)31(5)6)28-26-24-22-20-18-16-14-12-10-8-2;/h7-28H2,1-6H3;1H/q+1;/p-1. The second-order valence-electron chi connectivity index (χ2n) is 10.4. The van der Waals surface area contributed by atoms with E-state index in [1.807, 2.05) is 0 Å². The maximum Gasteiger partial charge on any atom is 0.349 e. The van der Waals surface area contributed by atoms with E-state index in [9.17, 15) is 0 Å². The zero-order valence-corrected chi connectivity index (χ0v) is 25.4. The Morgan fingerprint density at radius 1 is 0.485 bits per heavy atom. The normalized spacial score (nSPS) is 10.7. The van der Waals surface area contributed by atoms with Gasteiger partial charge in [-0.15, -0.1) is 0 Å². The predicted molar refractivity (Wildman–Crippen MR) is 146 cm³/mol. The van der Waals surface area contributed by atoms with Gasteiger partial charge in [-0.3, -0.25) is 14.4 Å². The minimum Gasteiger partial charge on any atom is -1.00 e. The van der Waals surface area contributed by atoms with Crippen LogP contribution in [0.4, 0.5) is 0 Å². The summed E-state index contributed by atoms with van der Waals surface area (Å²) in [4.78, 5) is 4.95. The maximum absolute atomic E-state index is 2.65. The van der Waals surface area contributed by atoms with Crippen molar-refractivity contribution in [3.63, 3.8) is 0 Å². The molecule has 0 spiro atoms. The highest BCUT2D eigenvalue weighted by Crippen LogP contribution is 2.13. The number of rotatable bonds is 22. The summed E-state index contributed by atoms with van der Waals surface area (Å²) in [6.07, 6.45) is 28.3. The molecule has 0 N–H and O–H groups in total. The molecule has 4 heteroatoms. The molecule has 0 aliphatic rings. The van der Waals surface area contributed by atoms with Gasteiger partial charge in [0.05, 0.1) is 41.3 Å². The van der Waals surface area contributed by atoms with Crippen LogP contribution in [0.2, 0.25) is 0 Å². The van der Waals surface area contributed by atoms with Crippen LogP contribution >= 0.6 is 0 Å². The summed E-state index contributed by atoms with van der Waals surface area (Å²) in [5.74, 6) is 1.37. The molecular weight excluding hydrogens is 470 g/mol. The Labute approximate surface area is 220 Å². The Kier molecular flexibility index (Phi) is 27.9. The SMILES string of the molecule is CCCCCCCCCCCCN(CCCCCCCCCCCC)C(N(C)C)=[N+](C)C.[Br-]. The first-order chi connectivity index (χ1) is 15.5. The number of unbranched alkanes of at least 4 members (excludes halogenated alkanes) is 18. The lowest BCUT2D eigenvalue weighted by Crippen LogP contribution is -3.00. The number of hydrogen-bond acceptors (Lipinski definition) is 0. The minimum atomic E-state index is 0. The van der Waals surface area contributed by atoms with Crippen LogP contribution < -0.4 is 17.0 Å². The first-order valence-electron chi connectivity index (χ1n) is 14.5. The first-order valence-corrected chi connectivity index (χ1v) is 14.5.